The van der Waals surface area contributed by atoms with Crippen molar-refractivity contribution in [2.24, 2.45) is 17.6 Å². The van der Waals surface area contributed by atoms with Crippen LogP contribution in [0.1, 0.15) is 39.5 Å². The fraction of sp³-hybridized carbons (Fsp3) is 0.929. The van der Waals surface area contributed by atoms with Crippen LogP contribution in [0.25, 0.3) is 0 Å². The molecule has 1 heterocycles. The predicted molar refractivity (Wildman–Crippen MR) is 73.1 cm³/mol. The van der Waals surface area contributed by atoms with Gasteiger partial charge in [0.05, 0.1) is 6.04 Å². The summed E-state index contributed by atoms with van der Waals surface area (Å²) in [7, 11) is 0. The average molecular weight is 253 g/mol. The van der Waals surface area contributed by atoms with Crippen LogP contribution in [0.3, 0.4) is 0 Å². The van der Waals surface area contributed by atoms with Gasteiger partial charge in [-0.25, -0.2) is 0 Å². The number of amides is 1. The molecule has 3 N–H and O–H groups in total. The van der Waals surface area contributed by atoms with Crippen molar-refractivity contribution in [3.63, 3.8) is 0 Å². The Hall–Kier alpha value is -0.610. The summed E-state index contributed by atoms with van der Waals surface area (Å²) in [6.07, 6.45) is 4.52. The van der Waals surface area contributed by atoms with Gasteiger partial charge < -0.3 is 16.0 Å². The molecule has 1 amide bonds. The number of rotatable bonds is 6. The van der Waals surface area contributed by atoms with Crippen molar-refractivity contribution in [2.75, 3.05) is 19.6 Å². The van der Waals surface area contributed by atoms with Crippen LogP contribution in [0.5, 0.6) is 0 Å². The van der Waals surface area contributed by atoms with E-state index in [-0.39, 0.29) is 11.9 Å². The highest BCUT2D eigenvalue weighted by atomic mass is 16.1. The van der Waals surface area contributed by atoms with Gasteiger partial charge in [0.25, 0.3) is 0 Å². The molecule has 0 radical (unpaired) electrons. The van der Waals surface area contributed by atoms with Gasteiger partial charge in [-0.05, 0) is 44.1 Å². The molecule has 2 fully saturated rings. The highest BCUT2D eigenvalue weighted by Gasteiger charge is 2.28. The van der Waals surface area contributed by atoms with E-state index in [1.807, 2.05) is 0 Å². The topological polar surface area (TPSA) is 58.4 Å². The van der Waals surface area contributed by atoms with Gasteiger partial charge in [-0.3, -0.25) is 4.79 Å². The molecule has 0 aromatic carbocycles. The highest BCUT2D eigenvalue weighted by Crippen LogP contribution is 2.23. The van der Waals surface area contributed by atoms with E-state index < -0.39 is 0 Å². The minimum absolute atomic E-state index is 0.132. The van der Waals surface area contributed by atoms with Gasteiger partial charge in [-0.15, -0.1) is 0 Å². The lowest BCUT2D eigenvalue weighted by Crippen LogP contribution is -2.46. The number of hydrogen-bond donors (Lipinski definition) is 2. The van der Waals surface area contributed by atoms with Crippen molar-refractivity contribution < 1.29 is 4.79 Å². The van der Waals surface area contributed by atoms with Crippen molar-refractivity contribution in [2.45, 2.75) is 51.6 Å². The van der Waals surface area contributed by atoms with Gasteiger partial charge >= 0.3 is 0 Å². The second kappa shape index (κ2) is 6.02. The maximum Gasteiger partial charge on any atom is 0.234 e. The molecule has 1 saturated heterocycles. The summed E-state index contributed by atoms with van der Waals surface area (Å²) in [6, 6.07) is 0.412. The normalized spacial score (nSPS) is 31.2. The molecule has 2 rings (SSSR count). The Morgan fingerprint density at radius 1 is 1.33 bits per heavy atom. The van der Waals surface area contributed by atoms with Gasteiger partial charge in [-0.2, -0.15) is 0 Å². The number of primary amides is 1. The maximum atomic E-state index is 11.4. The number of carbonyl (C=O) groups excluding carboxylic acids is 1. The van der Waals surface area contributed by atoms with Crippen LogP contribution >= 0.6 is 0 Å². The molecule has 3 unspecified atom stereocenters. The summed E-state index contributed by atoms with van der Waals surface area (Å²) >= 11 is 0. The number of carbonyl (C=O) groups is 1. The smallest absolute Gasteiger partial charge is 0.234 e. The van der Waals surface area contributed by atoms with Gasteiger partial charge in [0.15, 0.2) is 0 Å². The monoisotopic (exact) mass is 253 g/mol. The zero-order chi connectivity index (χ0) is 13.1. The molecule has 4 heteroatoms. The lowest BCUT2D eigenvalue weighted by Gasteiger charge is -2.35. The van der Waals surface area contributed by atoms with Crippen LogP contribution < -0.4 is 11.1 Å². The quantitative estimate of drug-likeness (QED) is 0.741. The molecule has 104 valence electrons. The molecule has 18 heavy (non-hydrogen) atoms. The largest absolute Gasteiger partial charge is 0.368 e. The molecule has 0 aromatic heterocycles. The second-order valence-corrected chi connectivity index (χ2v) is 6.23. The predicted octanol–water partition coefficient (Wildman–Crippen LogP) is 0.960. The van der Waals surface area contributed by atoms with Crippen molar-refractivity contribution in [3.8, 4) is 0 Å². The molecule has 0 spiro atoms. The first-order chi connectivity index (χ1) is 8.56. The summed E-state index contributed by atoms with van der Waals surface area (Å²) in [6.45, 7) is 7.98. The molecule has 0 aromatic rings. The zero-order valence-electron chi connectivity index (χ0n) is 11.7. The van der Waals surface area contributed by atoms with E-state index in [2.05, 4.69) is 24.1 Å². The number of hydrogen-bond acceptors (Lipinski definition) is 3. The Morgan fingerprint density at radius 2 is 2.06 bits per heavy atom. The minimum atomic E-state index is -0.194. The van der Waals surface area contributed by atoms with Crippen LogP contribution in [0.15, 0.2) is 0 Å². The summed E-state index contributed by atoms with van der Waals surface area (Å²) in [5.74, 6) is 1.40. The summed E-state index contributed by atoms with van der Waals surface area (Å²) < 4.78 is 0. The first kappa shape index (κ1) is 13.8. The first-order valence-electron chi connectivity index (χ1n) is 7.34. The Morgan fingerprint density at radius 3 is 2.61 bits per heavy atom. The fourth-order valence-electron chi connectivity index (χ4n) is 2.71. The van der Waals surface area contributed by atoms with Crippen molar-refractivity contribution in [1.82, 2.24) is 10.2 Å². The molecule has 0 bridgehead atoms. The molecule has 1 saturated carbocycles. The minimum Gasteiger partial charge on any atom is -0.368 e. The van der Waals surface area contributed by atoms with Crippen LogP contribution in [0.4, 0.5) is 0 Å². The Labute approximate surface area is 110 Å². The summed E-state index contributed by atoms with van der Waals surface area (Å²) in [4.78, 5) is 13.9. The number of piperidine rings is 1. The van der Waals surface area contributed by atoms with E-state index in [1.54, 1.807) is 0 Å². The molecule has 2 aliphatic rings. The summed E-state index contributed by atoms with van der Waals surface area (Å²) in [5.41, 5.74) is 5.46. The highest BCUT2D eigenvalue weighted by molar-refractivity contribution is 5.79. The number of nitrogens with two attached hydrogens (primary N) is 1. The molecule has 3 atom stereocenters. The lowest BCUT2D eigenvalue weighted by molar-refractivity contribution is -0.120. The van der Waals surface area contributed by atoms with Crippen molar-refractivity contribution >= 4 is 5.91 Å². The average Bonchev–Trinajstić information content (AvgIpc) is 3.12. The van der Waals surface area contributed by atoms with Crippen LogP contribution in [0.2, 0.25) is 0 Å². The maximum absolute atomic E-state index is 11.4. The number of nitrogens with one attached hydrogen (secondary N) is 1. The Kier molecular flexibility index (Phi) is 4.62. The van der Waals surface area contributed by atoms with Gasteiger partial charge in [-0.1, -0.05) is 13.8 Å². The van der Waals surface area contributed by atoms with E-state index in [9.17, 15) is 4.79 Å². The van der Waals surface area contributed by atoms with Gasteiger partial charge in [0.2, 0.25) is 5.91 Å². The zero-order valence-corrected chi connectivity index (χ0v) is 11.7. The Balaban J connectivity index is 1.73. The van der Waals surface area contributed by atoms with E-state index in [0.717, 1.165) is 31.3 Å². The molecule has 1 aliphatic heterocycles. The van der Waals surface area contributed by atoms with Crippen molar-refractivity contribution in [3.05, 3.63) is 0 Å². The standard InChI is InChI=1S/C14H27N3O/c1-10-5-7-17(9-11(10)2)8-6-13(14(15)18)16-12-3-4-12/h10-13,16H,3-9H2,1-2H3,(H2,15,18). The lowest BCUT2D eigenvalue weighted by atomic mass is 9.88. The van der Waals surface area contributed by atoms with E-state index in [1.165, 1.54) is 25.8 Å². The third kappa shape index (κ3) is 3.95. The van der Waals surface area contributed by atoms with Crippen LogP contribution in [-0.2, 0) is 4.79 Å². The fourth-order valence-corrected chi connectivity index (χ4v) is 2.71. The van der Waals surface area contributed by atoms with Crippen molar-refractivity contribution in [1.29, 1.82) is 0 Å². The van der Waals surface area contributed by atoms with Gasteiger partial charge in [0, 0.05) is 19.1 Å². The van der Waals surface area contributed by atoms with E-state index >= 15 is 0 Å². The molecular weight excluding hydrogens is 226 g/mol. The van der Waals surface area contributed by atoms with E-state index in [4.69, 9.17) is 5.73 Å². The molecule has 1 aliphatic carbocycles. The number of likely N-dealkylation sites (tertiary alicyclic amines) is 1. The van der Waals surface area contributed by atoms with Crippen LogP contribution in [0, 0.1) is 11.8 Å². The van der Waals surface area contributed by atoms with Gasteiger partial charge in [0.1, 0.15) is 0 Å². The first-order valence-corrected chi connectivity index (χ1v) is 7.34. The molecule has 4 nitrogen and oxygen atoms in total. The van der Waals surface area contributed by atoms with Crippen LogP contribution in [-0.4, -0.2) is 42.5 Å². The molecular formula is C14H27N3O. The SMILES string of the molecule is CC1CCN(CCC(NC2CC2)C(N)=O)CC1C. The third-order valence-electron chi connectivity index (χ3n) is 4.51. The summed E-state index contributed by atoms with van der Waals surface area (Å²) in [5, 5.41) is 3.35. The number of nitrogens with zero attached hydrogens (tertiary/aromatic N) is 1. The second-order valence-electron chi connectivity index (χ2n) is 6.23. The Bertz CT molecular complexity index is 291. The third-order valence-corrected chi connectivity index (χ3v) is 4.51. The van der Waals surface area contributed by atoms with E-state index in [0.29, 0.717) is 6.04 Å².